The van der Waals surface area contributed by atoms with Gasteiger partial charge in [-0.2, -0.15) is 11.8 Å². The van der Waals surface area contributed by atoms with E-state index in [-0.39, 0.29) is 0 Å². The minimum atomic E-state index is -0.921. The lowest BCUT2D eigenvalue weighted by Gasteiger charge is -2.05. The molecule has 1 unspecified atom stereocenters. The fraction of sp³-hybridized carbons (Fsp3) is 0.364. The van der Waals surface area contributed by atoms with Gasteiger partial charge in [-0.25, -0.2) is 0 Å². The molecule has 0 aliphatic carbocycles. The molecule has 3 nitrogen and oxygen atoms in total. The number of carbonyl (C=O) groups is 1. The van der Waals surface area contributed by atoms with Gasteiger partial charge < -0.3 is 10.8 Å². The highest BCUT2D eigenvalue weighted by Crippen LogP contribution is 2.15. The molecule has 0 saturated carbocycles. The highest BCUT2D eigenvalue weighted by Gasteiger charge is 2.10. The Balaban J connectivity index is 2.21. The van der Waals surface area contributed by atoms with Crippen molar-refractivity contribution in [2.45, 2.75) is 18.2 Å². The molecule has 0 spiro atoms. The molecule has 1 aromatic carbocycles. The lowest BCUT2D eigenvalue weighted by molar-refractivity contribution is -0.138. The number of carboxylic acids is 1. The van der Waals surface area contributed by atoms with Crippen LogP contribution < -0.4 is 5.73 Å². The first-order chi connectivity index (χ1) is 7.59. The molecular formula is C11H14INO2S. The average molecular weight is 351 g/mol. The summed E-state index contributed by atoms with van der Waals surface area (Å²) >= 11 is 3.98. The summed E-state index contributed by atoms with van der Waals surface area (Å²) in [4.78, 5) is 10.5. The van der Waals surface area contributed by atoms with Crippen LogP contribution in [0, 0.1) is 3.57 Å². The number of hydrogen-bond acceptors (Lipinski definition) is 3. The predicted octanol–water partition coefficient (Wildman–Crippen LogP) is 2.33. The maximum Gasteiger partial charge on any atom is 0.320 e. The summed E-state index contributed by atoms with van der Waals surface area (Å²) in [6.45, 7) is 0. The molecule has 1 rings (SSSR count). The molecule has 88 valence electrons. The van der Waals surface area contributed by atoms with Gasteiger partial charge in [0.15, 0.2) is 0 Å². The molecule has 0 fully saturated rings. The van der Waals surface area contributed by atoms with Gasteiger partial charge in [0, 0.05) is 9.32 Å². The Bertz CT molecular complexity index is 342. The molecule has 3 N–H and O–H groups in total. The molecule has 0 amide bonds. The number of carboxylic acid groups (broad SMARTS) is 1. The van der Waals surface area contributed by atoms with E-state index >= 15 is 0 Å². The summed E-state index contributed by atoms with van der Waals surface area (Å²) in [6.07, 6.45) is 0.518. The van der Waals surface area contributed by atoms with Crippen molar-refractivity contribution in [1.82, 2.24) is 0 Å². The Hall–Kier alpha value is -0.270. The molecule has 1 atom stereocenters. The lowest BCUT2D eigenvalue weighted by Crippen LogP contribution is -2.30. The number of benzene rings is 1. The molecule has 0 heterocycles. The van der Waals surface area contributed by atoms with Crippen LogP contribution in [0.1, 0.15) is 12.0 Å². The number of aliphatic carboxylic acids is 1. The quantitative estimate of drug-likeness (QED) is 0.610. The van der Waals surface area contributed by atoms with E-state index < -0.39 is 12.0 Å². The minimum Gasteiger partial charge on any atom is -0.480 e. The summed E-state index contributed by atoms with van der Waals surface area (Å²) in [7, 11) is 0. The fourth-order valence-corrected chi connectivity index (χ4v) is 2.46. The Morgan fingerprint density at radius 1 is 1.44 bits per heavy atom. The molecule has 0 aromatic heterocycles. The normalized spacial score (nSPS) is 12.4. The van der Waals surface area contributed by atoms with Gasteiger partial charge in [-0.3, -0.25) is 4.79 Å². The van der Waals surface area contributed by atoms with E-state index in [0.29, 0.717) is 6.42 Å². The smallest absolute Gasteiger partial charge is 0.320 e. The van der Waals surface area contributed by atoms with Gasteiger partial charge in [0.1, 0.15) is 6.04 Å². The molecule has 0 saturated heterocycles. The van der Waals surface area contributed by atoms with Crippen LogP contribution in [0.3, 0.4) is 0 Å². The van der Waals surface area contributed by atoms with Gasteiger partial charge in [0.05, 0.1) is 0 Å². The van der Waals surface area contributed by atoms with Crippen molar-refractivity contribution in [2.75, 3.05) is 5.75 Å². The summed E-state index contributed by atoms with van der Waals surface area (Å²) in [5.74, 6) is 0.762. The van der Waals surface area contributed by atoms with Crippen molar-refractivity contribution < 1.29 is 9.90 Å². The Labute approximate surface area is 113 Å². The van der Waals surface area contributed by atoms with Gasteiger partial charge in [-0.1, -0.05) is 12.1 Å². The molecule has 0 bridgehead atoms. The number of halogens is 1. The zero-order chi connectivity index (χ0) is 12.0. The lowest BCUT2D eigenvalue weighted by atomic mass is 10.2. The standard InChI is InChI=1S/C11H14INO2S/c12-9-3-1-8(2-4-9)7-16-6-5-10(13)11(14)15/h1-4,10H,5-7,13H2,(H,14,15). The zero-order valence-corrected chi connectivity index (χ0v) is 11.7. The van der Waals surface area contributed by atoms with Crippen molar-refractivity contribution in [3.63, 3.8) is 0 Å². The third kappa shape index (κ3) is 5.18. The van der Waals surface area contributed by atoms with Crippen LogP contribution in [0.4, 0.5) is 0 Å². The molecule has 5 heteroatoms. The number of rotatable bonds is 6. The van der Waals surface area contributed by atoms with E-state index in [1.807, 2.05) is 0 Å². The number of thioether (sulfide) groups is 1. The zero-order valence-electron chi connectivity index (χ0n) is 8.73. The fourth-order valence-electron chi connectivity index (χ4n) is 1.10. The maximum atomic E-state index is 10.5. The second-order valence-corrected chi connectivity index (χ2v) is 5.76. The molecule has 1 aromatic rings. The molecule has 16 heavy (non-hydrogen) atoms. The SMILES string of the molecule is NC(CCSCc1ccc(I)cc1)C(=O)O. The summed E-state index contributed by atoms with van der Waals surface area (Å²) in [5.41, 5.74) is 6.66. The van der Waals surface area contributed by atoms with Crippen LogP contribution in [0.2, 0.25) is 0 Å². The Morgan fingerprint density at radius 3 is 2.62 bits per heavy atom. The van der Waals surface area contributed by atoms with Crippen molar-refractivity contribution in [1.29, 1.82) is 0 Å². The third-order valence-corrected chi connectivity index (χ3v) is 3.85. The van der Waals surface area contributed by atoms with Crippen molar-refractivity contribution in [3.05, 3.63) is 33.4 Å². The number of hydrogen-bond donors (Lipinski definition) is 2. The van der Waals surface area contributed by atoms with Crippen LogP contribution in [0.15, 0.2) is 24.3 Å². The van der Waals surface area contributed by atoms with Crippen LogP contribution in [-0.2, 0) is 10.5 Å². The summed E-state index contributed by atoms with van der Waals surface area (Å²) in [5, 5.41) is 8.59. The van der Waals surface area contributed by atoms with Crippen LogP contribution in [-0.4, -0.2) is 22.9 Å². The second-order valence-electron chi connectivity index (χ2n) is 3.41. The monoisotopic (exact) mass is 351 g/mol. The van der Waals surface area contributed by atoms with E-state index in [0.717, 1.165) is 11.5 Å². The Morgan fingerprint density at radius 2 is 2.06 bits per heavy atom. The topological polar surface area (TPSA) is 63.3 Å². The van der Waals surface area contributed by atoms with Gasteiger partial charge in [0.2, 0.25) is 0 Å². The van der Waals surface area contributed by atoms with Crippen molar-refractivity contribution >= 4 is 40.3 Å². The van der Waals surface area contributed by atoms with E-state index in [4.69, 9.17) is 10.8 Å². The molecule has 0 aliphatic rings. The van der Waals surface area contributed by atoms with Gasteiger partial charge in [-0.05, 0) is 52.5 Å². The highest BCUT2D eigenvalue weighted by atomic mass is 127. The second kappa shape index (κ2) is 7.13. The van der Waals surface area contributed by atoms with E-state index in [1.165, 1.54) is 9.13 Å². The van der Waals surface area contributed by atoms with Crippen molar-refractivity contribution in [2.24, 2.45) is 5.73 Å². The van der Waals surface area contributed by atoms with E-state index in [1.54, 1.807) is 11.8 Å². The Kier molecular flexibility index (Phi) is 6.15. The first-order valence-electron chi connectivity index (χ1n) is 4.90. The largest absolute Gasteiger partial charge is 0.480 e. The molecule has 0 radical (unpaired) electrons. The summed E-state index contributed by atoms with van der Waals surface area (Å²) in [6, 6.07) is 7.58. The van der Waals surface area contributed by atoms with Crippen LogP contribution in [0.25, 0.3) is 0 Å². The highest BCUT2D eigenvalue weighted by molar-refractivity contribution is 14.1. The average Bonchev–Trinajstić information content (AvgIpc) is 2.26. The molecular weight excluding hydrogens is 337 g/mol. The third-order valence-electron chi connectivity index (χ3n) is 2.07. The maximum absolute atomic E-state index is 10.5. The van der Waals surface area contributed by atoms with Gasteiger partial charge in [0.25, 0.3) is 0 Å². The van der Waals surface area contributed by atoms with Crippen molar-refractivity contribution in [3.8, 4) is 0 Å². The molecule has 0 aliphatic heterocycles. The van der Waals surface area contributed by atoms with Gasteiger partial charge >= 0.3 is 5.97 Å². The van der Waals surface area contributed by atoms with E-state index in [2.05, 4.69) is 46.9 Å². The number of nitrogens with two attached hydrogens (primary N) is 1. The minimum absolute atomic E-state index is 0.518. The van der Waals surface area contributed by atoms with Crippen LogP contribution >= 0.6 is 34.4 Å². The predicted molar refractivity (Wildman–Crippen MR) is 75.5 cm³/mol. The first-order valence-corrected chi connectivity index (χ1v) is 7.13. The van der Waals surface area contributed by atoms with Gasteiger partial charge in [-0.15, -0.1) is 0 Å². The van der Waals surface area contributed by atoms with Crippen LogP contribution in [0.5, 0.6) is 0 Å². The van der Waals surface area contributed by atoms with E-state index in [9.17, 15) is 4.79 Å². The first kappa shape index (κ1) is 13.8. The summed E-state index contributed by atoms with van der Waals surface area (Å²) < 4.78 is 1.22.